The zero-order chi connectivity index (χ0) is 22.1. The second-order valence-corrected chi connectivity index (χ2v) is 6.97. The molecule has 1 atom stereocenters. The molecule has 4 aromatic rings. The molecule has 0 saturated carbocycles. The van der Waals surface area contributed by atoms with Gasteiger partial charge in [-0.15, -0.1) is 5.10 Å². The van der Waals surface area contributed by atoms with Gasteiger partial charge in [-0.25, -0.2) is 9.50 Å². The average Bonchev–Trinajstić information content (AvgIpc) is 3.39. The lowest BCUT2D eigenvalue weighted by Gasteiger charge is -2.14. The van der Waals surface area contributed by atoms with Crippen molar-refractivity contribution < 1.29 is 19.3 Å². The van der Waals surface area contributed by atoms with Crippen molar-refractivity contribution in [2.45, 2.75) is 13.0 Å². The van der Waals surface area contributed by atoms with Crippen molar-refractivity contribution in [1.29, 1.82) is 0 Å². The molecule has 0 fully saturated rings. The zero-order valence-electron chi connectivity index (χ0n) is 17.3. The molecule has 2 N–H and O–H groups in total. The first-order valence-electron chi connectivity index (χ1n) is 9.29. The molecule has 0 aliphatic heterocycles. The molecule has 0 saturated heterocycles. The first-order valence-corrected chi connectivity index (χ1v) is 9.67. The molecule has 1 aromatic carbocycles. The Morgan fingerprint density at radius 3 is 2.42 bits per heavy atom. The van der Waals surface area contributed by atoms with Crippen LogP contribution in [0.25, 0.3) is 11.2 Å². The van der Waals surface area contributed by atoms with E-state index in [1.165, 1.54) is 0 Å². The average molecular weight is 445 g/mol. The summed E-state index contributed by atoms with van der Waals surface area (Å²) >= 11 is 6.09. The van der Waals surface area contributed by atoms with Gasteiger partial charge < -0.3 is 29.2 Å². The standard InChI is InChI=1S/C20H21ClN6O4/c1-11(28)13-5-6-14-19(24-20(21)25-27(13)14)23-17-9-26(10-22-17)12-7-15(29-2)18(31-4)16(8-12)30-3/h5-11,28H,1-4H3,(H,23,24,25). The Bertz CT molecular complexity index is 1210. The SMILES string of the molecule is COc1cc(-n2cnc(Nc3nc(Cl)nn4c(C(C)O)ccc34)c2)cc(OC)c1OC. The zero-order valence-corrected chi connectivity index (χ0v) is 18.1. The highest BCUT2D eigenvalue weighted by atomic mass is 35.5. The largest absolute Gasteiger partial charge is 0.493 e. The third-order valence-corrected chi connectivity index (χ3v) is 4.88. The summed E-state index contributed by atoms with van der Waals surface area (Å²) in [6.07, 6.45) is 2.72. The van der Waals surface area contributed by atoms with E-state index in [1.54, 1.807) is 62.0 Å². The predicted octanol–water partition coefficient (Wildman–Crippen LogP) is 3.39. The van der Waals surface area contributed by atoms with E-state index in [9.17, 15) is 5.11 Å². The highest BCUT2D eigenvalue weighted by Crippen LogP contribution is 2.39. The molecular weight excluding hydrogens is 424 g/mol. The molecule has 162 valence electrons. The highest BCUT2D eigenvalue weighted by molar-refractivity contribution is 6.28. The summed E-state index contributed by atoms with van der Waals surface area (Å²) in [5.41, 5.74) is 2.02. The summed E-state index contributed by atoms with van der Waals surface area (Å²) < 4.78 is 19.6. The maximum Gasteiger partial charge on any atom is 0.243 e. The first kappa shape index (κ1) is 20.8. The van der Waals surface area contributed by atoms with Crippen molar-refractivity contribution in [3.63, 3.8) is 0 Å². The second kappa shape index (κ2) is 8.32. The van der Waals surface area contributed by atoms with Gasteiger partial charge in [-0.3, -0.25) is 0 Å². The van der Waals surface area contributed by atoms with Crippen LogP contribution in [0.3, 0.4) is 0 Å². The Morgan fingerprint density at radius 2 is 1.81 bits per heavy atom. The van der Waals surface area contributed by atoms with Crippen molar-refractivity contribution >= 4 is 28.8 Å². The highest BCUT2D eigenvalue weighted by Gasteiger charge is 2.16. The minimum absolute atomic E-state index is 0.0390. The number of aliphatic hydroxyl groups is 1. The number of methoxy groups -OCH3 is 3. The van der Waals surface area contributed by atoms with Crippen LogP contribution in [0, 0.1) is 0 Å². The fourth-order valence-electron chi connectivity index (χ4n) is 3.26. The third kappa shape index (κ3) is 3.82. The lowest BCUT2D eigenvalue weighted by atomic mass is 10.2. The number of imidazole rings is 1. The van der Waals surface area contributed by atoms with Gasteiger partial charge in [-0.05, 0) is 30.7 Å². The summed E-state index contributed by atoms with van der Waals surface area (Å²) in [6, 6.07) is 7.20. The maximum atomic E-state index is 9.94. The van der Waals surface area contributed by atoms with E-state index in [1.807, 2.05) is 12.1 Å². The Labute approximate surface area is 183 Å². The smallest absolute Gasteiger partial charge is 0.243 e. The first-order chi connectivity index (χ1) is 14.9. The second-order valence-electron chi connectivity index (χ2n) is 6.64. The van der Waals surface area contributed by atoms with Crippen LogP contribution < -0.4 is 19.5 Å². The van der Waals surface area contributed by atoms with E-state index in [0.29, 0.717) is 40.1 Å². The molecule has 3 heterocycles. The van der Waals surface area contributed by atoms with Crippen LogP contribution >= 0.6 is 11.6 Å². The number of fused-ring (bicyclic) bond motifs is 1. The molecule has 4 rings (SSSR count). The number of nitrogens with zero attached hydrogens (tertiary/aromatic N) is 5. The van der Waals surface area contributed by atoms with E-state index in [-0.39, 0.29) is 5.28 Å². The molecule has 11 heteroatoms. The Hall–Kier alpha value is -3.50. The minimum Gasteiger partial charge on any atom is -0.493 e. The van der Waals surface area contributed by atoms with Crippen LogP contribution in [0.1, 0.15) is 18.7 Å². The fourth-order valence-corrected chi connectivity index (χ4v) is 3.42. The maximum absolute atomic E-state index is 9.94. The predicted molar refractivity (Wildman–Crippen MR) is 115 cm³/mol. The number of anilines is 2. The van der Waals surface area contributed by atoms with Crippen molar-refractivity contribution in [2.24, 2.45) is 0 Å². The molecule has 0 aliphatic rings. The molecule has 10 nitrogen and oxygen atoms in total. The monoisotopic (exact) mass is 444 g/mol. The number of hydrogen-bond donors (Lipinski definition) is 2. The van der Waals surface area contributed by atoms with Crippen molar-refractivity contribution in [3.05, 3.63) is 47.8 Å². The molecule has 0 aliphatic carbocycles. The number of ether oxygens (including phenoxy) is 3. The number of aromatic nitrogens is 5. The van der Waals surface area contributed by atoms with Crippen molar-refractivity contribution in [2.75, 3.05) is 26.6 Å². The van der Waals surface area contributed by atoms with E-state index in [2.05, 4.69) is 20.4 Å². The Morgan fingerprint density at radius 1 is 1.10 bits per heavy atom. The van der Waals surface area contributed by atoms with Crippen molar-refractivity contribution in [3.8, 4) is 22.9 Å². The van der Waals surface area contributed by atoms with Gasteiger partial charge in [0.1, 0.15) is 17.7 Å². The van der Waals surface area contributed by atoms with Gasteiger partial charge in [0, 0.05) is 12.1 Å². The summed E-state index contributed by atoms with van der Waals surface area (Å²) in [6.45, 7) is 1.66. The van der Waals surface area contributed by atoms with Gasteiger partial charge in [0.05, 0.1) is 45.0 Å². The van der Waals surface area contributed by atoms with E-state index < -0.39 is 6.10 Å². The number of rotatable bonds is 7. The van der Waals surface area contributed by atoms with Crippen LogP contribution in [0.15, 0.2) is 36.8 Å². The van der Waals surface area contributed by atoms with Crippen LogP contribution in [0.2, 0.25) is 5.28 Å². The summed E-state index contributed by atoms with van der Waals surface area (Å²) in [5, 5.41) is 17.3. The number of hydrogen-bond acceptors (Lipinski definition) is 8. The fraction of sp³-hybridized carbons (Fsp3) is 0.250. The minimum atomic E-state index is -0.708. The van der Waals surface area contributed by atoms with Gasteiger partial charge in [-0.1, -0.05) is 0 Å². The molecule has 31 heavy (non-hydrogen) atoms. The van der Waals surface area contributed by atoms with Gasteiger partial charge in [0.15, 0.2) is 17.3 Å². The number of benzene rings is 1. The quantitative estimate of drug-likeness (QED) is 0.446. The molecule has 3 aromatic heterocycles. The molecule has 0 radical (unpaired) electrons. The topological polar surface area (TPSA) is 108 Å². The van der Waals surface area contributed by atoms with Crippen LogP contribution in [0.5, 0.6) is 17.2 Å². The lowest BCUT2D eigenvalue weighted by molar-refractivity contribution is 0.192. The molecule has 0 bridgehead atoms. The van der Waals surface area contributed by atoms with Gasteiger partial charge in [-0.2, -0.15) is 4.98 Å². The summed E-state index contributed by atoms with van der Waals surface area (Å²) in [4.78, 5) is 8.66. The van der Waals surface area contributed by atoms with Crippen LogP contribution in [-0.2, 0) is 0 Å². The van der Waals surface area contributed by atoms with Crippen molar-refractivity contribution in [1.82, 2.24) is 24.1 Å². The Kier molecular flexibility index (Phi) is 5.57. The number of aliphatic hydroxyl groups excluding tert-OH is 1. The van der Waals surface area contributed by atoms with E-state index >= 15 is 0 Å². The van der Waals surface area contributed by atoms with Crippen LogP contribution in [0.4, 0.5) is 11.6 Å². The third-order valence-electron chi connectivity index (χ3n) is 4.72. The molecule has 0 amide bonds. The normalized spacial score (nSPS) is 12.1. The number of halogens is 1. The Balaban J connectivity index is 1.70. The number of nitrogens with one attached hydrogen (secondary N) is 1. The molecular formula is C20H21ClN6O4. The van der Waals surface area contributed by atoms with Gasteiger partial charge in [0.25, 0.3) is 0 Å². The van der Waals surface area contributed by atoms with E-state index in [4.69, 9.17) is 25.8 Å². The summed E-state index contributed by atoms with van der Waals surface area (Å²) in [7, 11) is 4.67. The van der Waals surface area contributed by atoms with Gasteiger partial charge in [0.2, 0.25) is 11.0 Å². The molecule has 1 unspecified atom stereocenters. The summed E-state index contributed by atoms with van der Waals surface area (Å²) in [5.74, 6) is 2.56. The lowest BCUT2D eigenvalue weighted by Crippen LogP contribution is -2.05. The van der Waals surface area contributed by atoms with Crippen LogP contribution in [-0.4, -0.2) is 50.6 Å². The molecule has 0 spiro atoms. The van der Waals surface area contributed by atoms with Gasteiger partial charge >= 0.3 is 0 Å². The van der Waals surface area contributed by atoms with E-state index in [0.717, 1.165) is 5.69 Å².